The number of rotatable bonds is 5. The van der Waals surface area contributed by atoms with Gasteiger partial charge in [0.25, 0.3) is 0 Å². The minimum atomic E-state index is -0.611. The largest absolute Gasteiger partial charge is 0.481 e. The van der Waals surface area contributed by atoms with Crippen molar-refractivity contribution < 1.29 is 13.5 Å². The molecule has 5 heteroatoms. The van der Waals surface area contributed by atoms with Gasteiger partial charge in [0.2, 0.25) is 0 Å². The molecule has 0 aromatic heterocycles. The number of benzene rings is 2. The number of ether oxygens (including phenoxy) is 1. The van der Waals surface area contributed by atoms with Crippen LogP contribution in [-0.2, 0) is 0 Å². The Balaban J connectivity index is 2.35. The molecular weight excluding hydrogens is 340 g/mol. The predicted octanol–water partition coefficient (Wildman–Crippen LogP) is 4.58. The Morgan fingerprint density at radius 2 is 1.95 bits per heavy atom. The van der Waals surface area contributed by atoms with Crippen LogP contribution in [0, 0.1) is 11.6 Å². The molecule has 2 unspecified atom stereocenters. The van der Waals surface area contributed by atoms with E-state index in [0.29, 0.717) is 6.42 Å². The Labute approximate surface area is 131 Å². The Morgan fingerprint density at radius 1 is 1.19 bits per heavy atom. The third-order valence-electron chi connectivity index (χ3n) is 3.18. The van der Waals surface area contributed by atoms with E-state index in [1.54, 1.807) is 0 Å². The molecule has 0 heterocycles. The van der Waals surface area contributed by atoms with E-state index in [1.807, 2.05) is 31.2 Å². The predicted molar refractivity (Wildman–Crippen MR) is 82.1 cm³/mol. The fourth-order valence-electron chi connectivity index (χ4n) is 2.00. The molecule has 0 radical (unpaired) electrons. The molecule has 112 valence electrons. The van der Waals surface area contributed by atoms with E-state index >= 15 is 0 Å². The topological polar surface area (TPSA) is 35.2 Å². The summed E-state index contributed by atoms with van der Waals surface area (Å²) in [6.45, 7) is 1.92. The number of nitrogens with two attached hydrogens (primary N) is 1. The summed E-state index contributed by atoms with van der Waals surface area (Å²) in [7, 11) is 0. The zero-order chi connectivity index (χ0) is 15.4. The second kappa shape index (κ2) is 7.00. The quantitative estimate of drug-likeness (QED) is 0.851. The van der Waals surface area contributed by atoms with Crippen molar-refractivity contribution in [2.24, 2.45) is 5.73 Å². The first kappa shape index (κ1) is 15.9. The van der Waals surface area contributed by atoms with Gasteiger partial charge in [-0.1, -0.05) is 35.0 Å². The maximum absolute atomic E-state index is 13.8. The lowest BCUT2D eigenvalue weighted by Gasteiger charge is -2.25. The Bertz CT molecular complexity index is 621. The molecule has 0 saturated carbocycles. The molecule has 2 atom stereocenters. The minimum absolute atomic E-state index is 0.135. The zero-order valence-electron chi connectivity index (χ0n) is 11.5. The summed E-state index contributed by atoms with van der Waals surface area (Å²) in [6.07, 6.45) is 0.0949. The highest BCUT2D eigenvalue weighted by Crippen LogP contribution is 2.29. The summed E-state index contributed by atoms with van der Waals surface area (Å²) >= 11 is 3.38. The molecule has 0 amide bonds. The van der Waals surface area contributed by atoms with Crippen molar-refractivity contribution in [3.05, 3.63) is 64.1 Å². The summed E-state index contributed by atoms with van der Waals surface area (Å²) in [5, 5.41) is 0. The van der Waals surface area contributed by atoms with E-state index in [-0.39, 0.29) is 11.8 Å². The van der Waals surface area contributed by atoms with Gasteiger partial charge in [-0.25, -0.2) is 8.78 Å². The van der Waals surface area contributed by atoms with Gasteiger partial charge in [-0.3, -0.25) is 0 Å². The van der Waals surface area contributed by atoms with Gasteiger partial charge in [0.05, 0.1) is 0 Å². The highest BCUT2D eigenvalue weighted by molar-refractivity contribution is 9.10. The molecule has 2 nitrogen and oxygen atoms in total. The van der Waals surface area contributed by atoms with Crippen molar-refractivity contribution >= 4 is 15.9 Å². The van der Waals surface area contributed by atoms with Crippen molar-refractivity contribution in [3.8, 4) is 5.75 Å². The molecule has 0 saturated heterocycles. The molecule has 0 bridgehead atoms. The van der Waals surface area contributed by atoms with E-state index < -0.39 is 17.7 Å². The van der Waals surface area contributed by atoms with Crippen LogP contribution in [0.2, 0.25) is 0 Å². The van der Waals surface area contributed by atoms with Gasteiger partial charge in [-0.2, -0.15) is 0 Å². The van der Waals surface area contributed by atoms with Crippen LogP contribution in [0.15, 0.2) is 46.9 Å². The molecule has 2 N–H and O–H groups in total. The van der Waals surface area contributed by atoms with Crippen molar-refractivity contribution in [1.29, 1.82) is 0 Å². The fourth-order valence-corrected chi connectivity index (χ4v) is 2.42. The van der Waals surface area contributed by atoms with Gasteiger partial charge >= 0.3 is 0 Å². The van der Waals surface area contributed by atoms with Crippen LogP contribution in [-0.4, -0.2) is 6.04 Å². The van der Waals surface area contributed by atoms with Crippen LogP contribution >= 0.6 is 15.9 Å². The standard InChI is InChI=1S/C16H16BrF2NO/c1-2-14(20)16(10-4-3-5-11(17)8-10)21-15-9-12(18)6-7-13(15)19/h3-9,14,16H,2,20H2,1H3. The van der Waals surface area contributed by atoms with Crippen molar-refractivity contribution in [2.75, 3.05) is 0 Å². The third-order valence-corrected chi connectivity index (χ3v) is 3.68. The van der Waals surface area contributed by atoms with Crippen molar-refractivity contribution in [2.45, 2.75) is 25.5 Å². The summed E-state index contributed by atoms with van der Waals surface area (Å²) in [5.74, 6) is -1.30. The van der Waals surface area contributed by atoms with E-state index in [0.717, 1.165) is 28.2 Å². The van der Waals surface area contributed by atoms with Crippen LogP contribution in [0.3, 0.4) is 0 Å². The van der Waals surface area contributed by atoms with Gasteiger partial charge in [0, 0.05) is 16.6 Å². The van der Waals surface area contributed by atoms with Gasteiger partial charge < -0.3 is 10.5 Å². The average molecular weight is 356 g/mol. The van der Waals surface area contributed by atoms with Crippen LogP contribution in [0.4, 0.5) is 8.78 Å². The van der Waals surface area contributed by atoms with Crippen LogP contribution < -0.4 is 10.5 Å². The van der Waals surface area contributed by atoms with Gasteiger partial charge in [-0.15, -0.1) is 0 Å². The Kier molecular flexibility index (Phi) is 5.31. The van der Waals surface area contributed by atoms with Gasteiger partial charge in [0.1, 0.15) is 11.9 Å². The van der Waals surface area contributed by atoms with Crippen LogP contribution in [0.25, 0.3) is 0 Å². The molecule has 2 aromatic rings. The second-order valence-corrected chi connectivity index (χ2v) is 5.66. The van der Waals surface area contributed by atoms with E-state index in [9.17, 15) is 8.78 Å². The van der Waals surface area contributed by atoms with E-state index in [1.165, 1.54) is 0 Å². The molecule has 0 aliphatic heterocycles. The molecule has 21 heavy (non-hydrogen) atoms. The van der Waals surface area contributed by atoms with Crippen molar-refractivity contribution in [3.63, 3.8) is 0 Å². The molecule has 2 rings (SSSR count). The lowest BCUT2D eigenvalue weighted by molar-refractivity contribution is 0.163. The van der Waals surface area contributed by atoms with E-state index in [2.05, 4.69) is 15.9 Å². The fraction of sp³-hybridized carbons (Fsp3) is 0.250. The number of hydrogen-bond acceptors (Lipinski definition) is 2. The second-order valence-electron chi connectivity index (χ2n) is 4.74. The lowest BCUT2D eigenvalue weighted by Crippen LogP contribution is -2.31. The number of hydrogen-bond donors (Lipinski definition) is 1. The smallest absolute Gasteiger partial charge is 0.165 e. The Morgan fingerprint density at radius 3 is 2.62 bits per heavy atom. The monoisotopic (exact) mass is 355 g/mol. The minimum Gasteiger partial charge on any atom is -0.481 e. The third kappa shape index (κ3) is 4.02. The molecule has 0 fully saturated rings. The first-order chi connectivity index (χ1) is 10.0. The lowest BCUT2D eigenvalue weighted by atomic mass is 10.0. The van der Waals surface area contributed by atoms with Crippen LogP contribution in [0.5, 0.6) is 5.75 Å². The summed E-state index contributed by atoms with van der Waals surface area (Å²) in [6, 6.07) is 10.2. The van der Waals surface area contributed by atoms with Gasteiger partial charge in [-0.05, 0) is 36.2 Å². The SMILES string of the molecule is CCC(N)C(Oc1cc(F)ccc1F)c1cccc(Br)c1. The zero-order valence-corrected chi connectivity index (χ0v) is 13.1. The highest BCUT2D eigenvalue weighted by Gasteiger charge is 2.22. The molecule has 0 aliphatic carbocycles. The maximum atomic E-state index is 13.8. The van der Waals surface area contributed by atoms with Gasteiger partial charge in [0.15, 0.2) is 11.6 Å². The average Bonchev–Trinajstić information content (AvgIpc) is 2.47. The van der Waals surface area contributed by atoms with Crippen LogP contribution in [0.1, 0.15) is 25.0 Å². The summed E-state index contributed by atoms with van der Waals surface area (Å²) < 4.78 is 33.5. The molecular formula is C16H16BrF2NO. The normalized spacial score (nSPS) is 13.8. The summed E-state index contributed by atoms with van der Waals surface area (Å²) in [4.78, 5) is 0. The first-order valence-electron chi connectivity index (χ1n) is 6.64. The highest BCUT2D eigenvalue weighted by atomic mass is 79.9. The Hall–Kier alpha value is -1.46. The first-order valence-corrected chi connectivity index (χ1v) is 7.43. The summed E-state index contributed by atoms with van der Waals surface area (Å²) in [5.41, 5.74) is 6.89. The molecule has 2 aromatic carbocycles. The maximum Gasteiger partial charge on any atom is 0.165 e. The number of halogens is 3. The van der Waals surface area contributed by atoms with E-state index in [4.69, 9.17) is 10.5 Å². The van der Waals surface area contributed by atoms with Crippen molar-refractivity contribution in [1.82, 2.24) is 0 Å². The molecule has 0 spiro atoms. The molecule has 0 aliphatic rings.